The number of hydrogen-bond donors (Lipinski definition) is 0. The zero-order valence-electron chi connectivity index (χ0n) is 17.0. The van der Waals surface area contributed by atoms with Crippen LogP contribution in [-0.2, 0) is 0 Å². The van der Waals surface area contributed by atoms with Crippen molar-refractivity contribution in [2.45, 2.75) is 27.7 Å². The Kier molecular flexibility index (Phi) is 6.21. The van der Waals surface area contributed by atoms with Gasteiger partial charge in [0.25, 0.3) is 0 Å². The Morgan fingerprint density at radius 2 is 1.34 bits per heavy atom. The average Bonchev–Trinajstić information content (AvgIpc) is 2.69. The lowest BCUT2D eigenvalue weighted by atomic mass is 9.90. The molecule has 0 bridgehead atoms. The molecular weight excluding hydrogens is 407 g/mol. The van der Waals surface area contributed by atoms with Gasteiger partial charge in [-0.15, -0.1) is 0 Å². The highest BCUT2D eigenvalue weighted by molar-refractivity contribution is 6.43. The number of carbonyl (C=O) groups excluding carboxylic acids is 1. The van der Waals surface area contributed by atoms with E-state index < -0.39 is 5.97 Å². The second kappa shape index (κ2) is 8.48. The summed E-state index contributed by atoms with van der Waals surface area (Å²) in [5.41, 5.74) is 6.25. The molecule has 0 spiro atoms. The zero-order valence-corrected chi connectivity index (χ0v) is 18.5. The number of aryl methyl sites for hydroxylation is 2. The maximum absolute atomic E-state index is 12.9. The van der Waals surface area contributed by atoms with Gasteiger partial charge >= 0.3 is 5.97 Å². The van der Waals surface area contributed by atoms with Crippen LogP contribution in [0, 0.1) is 27.7 Å². The van der Waals surface area contributed by atoms with Crippen molar-refractivity contribution in [3.05, 3.63) is 80.3 Å². The first-order valence-corrected chi connectivity index (χ1v) is 9.92. The van der Waals surface area contributed by atoms with Crippen LogP contribution in [0.2, 0.25) is 10.0 Å². The molecule has 29 heavy (non-hydrogen) atoms. The molecule has 3 rings (SSSR count). The summed E-state index contributed by atoms with van der Waals surface area (Å²) >= 11 is 12.3. The Morgan fingerprint density at radius 1 is 0.793 bits per heavy atom. The topological polar surface area (TPSA) is 35.5 Å². The maximum Gasteiger partial charge on any atom is 0.345 e. The lowest BCUT2D eigenvalue weighted by molar-refractivity contribution is 0.0735. The number of hydrogen-bond acceptors (Lipinski definition) is 3. The van der Waals surface area contributed by atoms with E-state index in [2.05, 4.69) is 0 Å². The summed E-state index contributed by atoms with van der Waals surface area (Å²) in [5.74, 6) is 0.604. The number of rotatable bonds is 4. The number of esters is 1. The normalized spacial score (nSPS) is 10.7. The van der Waals surface area contributed by atoms with Gasteiger partial charge in [0.15, 0.2) is 0 Å². The fraction of sp³-hybridized carbons (Fsp3) is 0.208. The van der Waals surface area contributed by atoms with E-state index in [4.69, 9.17) is 32.7 Å². The Bertz CT molecular complexity index is 1100. The van der Waals surface area contributed by atoms with Gasteiger partial charge in [-0.05, 0) is 74.2 Å². The molecule has 0 aliphatic heterocycles. The quantitative estimate of drug-likeness (QED) is 0.327. The molecule has 0 radical (unpaired) electrons. The fourth-order valence-electron chi connectivity index (χ4n) is 3.27. The molecule has 0 saturated carbocycles. The van der Waals surface area contributed by atoms with Crippen LogP contribution in [0.1, 0.15) is 32.6 Å². The van der Waals surface area contributed by atoms with E-state index in [0.717, 1.165) is 39.1 Å². The second-order valence-corrected chi connectivity index (χ2v) is 7.74. The summed E-state index contributed by atoms with van der Waals surface area (Å²) in [7, 11) is 1.64. The molecule has 0 aliphatic rings. The average molecular weight is 429 g/mol. The fourth-order valence-corrected chi connectivity index (χ4v) is 3.65. The highest BCUT2D eigenvalue weighted by Gasteiger charge is 2.22. The Hall–Kier alpha value is -2.49. The van der Waals surface area contributed by atoms with Crippen molar-refractivity contribution in [3.8, 4) is 22.6 Å². The van der Waals surface area contributed by atoms with Crippen LogP contribution >= 0.6 is 23.2 Å². The molecule has 0 amide bonds. The van der Waals surface area contributed by atoms with Gasteiger partial charge in [0.2, 0.25) is 0 Å². The number of carbonyl (C=O) groups is 1. The van der Waals surface area contributed by atoms with Crippen molar-refractivity contribution in [1.82, 2.24) is 0 Å². The van der Waals surface area contributed by atoms with Crippen molar-refractivity contribution in [2.24, 2.45) is 0 Å². The van der Waals surface area contributed by atoms with Crippen molar-refractivity contribution < 1.29 is 14.3 Å². The van der Waals surface area contributed by atoms with Gasteiger partial charge in [0.1, 0.15) is 11.5 Å². The van der Waals surface area contributed by atoms with Gasteiger partial charge in [-0.2, -0.15) is 0 Å². The minimum absolute atomic E-state index is 0.175. The molecular formula is C24H22Cl2O3. The molecule has 0 fully saturated rings. The van der Waals surface area contributed by atoms with Crippen LogP contribution in [0.4, 0.5) is 0 Å². The van der Waals surface area contributed by atoms with E-state index in [1.54, 1.807) is 31.4 Å². The lowest BCUT2D eigenvalue weighted by Gasteiger charge is -2.20. The summed E-state index contributed by atoms with van der Waals surface area (Å²) < 4.78 is 11.4. The molecule has 5 heteroatoms. The number of methoxy groups -OCH3 is 1. The van der Waals surface area contributed by atoms with Crippen LogP contribution < -0.4 is 9.47 Å². The van der Waals surface area contributed by atoms with E-state index in [0.29, 0.717) is 10.8 Å². The van der Waals surface area contributed by atoms with E-state index in [1.807, 2.05) is 45.9 Å². The van der Waals surface area contributed by atoms with E-state index in [1.165, 1.54) is 0 Å². The second-order valence-electron chi connectivity index (χ2n) is 6.96. The maximum atomic E-state index is 12.9. The molecule has 0 unspecified atom stereocenters. The largest absolute Gasteiger partial charge is 0.496 e. The highest BCUT2D eigenvalue weighted by atomic mass is 35.5. The van der Waals surface area contributed by atoms with Crippen molar-refractivity contribution in [3.63, 3.8) is 0 Å². The summed E-state index contributed by atoms with van der Waals surface area (Å²) in [4.78, 5) is 12.9. The molecule has 0 atom stereocenters. The Labute approximate surface area is 181 Å². The van der Waals surface area contributed by atoms with Crippen LogP contribution in [0.25, 0.3) is 11.1 Å². The van der Waals surface area contributed by atoms with E-state index >= 15 is 0 Å². The van der Waals surface area contributed by atoms with Crippen molar-refractivity contribution in [2.75, 3.05) is 7.11 Å². The molecule has 3 aromatic carbocycles. The standard InChI is InChI=1S/C24H22Cl2O3/c1-13-9-11-19(28-5)21(15(13)3)22-16(4)14(2)10-12-20(22)29-24(27)17-7-6-8-18(25)23(17)26/h6-12H,1-5H3. The molecule has 0 N–H and O–H groups in total. The third kappa shape index (κ3) is 3.98. The minimum atomic E-state index is -0.564. The molecule has 3 nitrogen and oxygen atoms in total. The van der Waals surface area contributed by atoms with E-state index in [-0.39, 0.29) is 10.6 Å². The summed E-state index contributed by atoms with van der Waals surface area (Å²) in [6, 6.07) is 12.6. The first kappa shape index (κ1) is 21.2. The third-order valence-electron chi connectivity index (χ3n) is 5.24. The molecule has 0 aromatic heterocycles. The number of halogens is 2. The van der Waals surface area contributed by atoms with E-state index in [9.17, 15) is 4.79 Å². The van der Waals surface area contributed by atoms with Crippen LogP contribution in [0.5, 0.6) is 11.5 Å². The molecule has 0 saturated heterocycles. The highest BCUT2D eigenvalue weighted by Crippen LogP contribution is 2.43. The molecule has 0 aliphatic carbocycles. The third-order valence-corrected chi connectivity index (χ3v) is 6.06. The molecule has 3 aromatic rings. The van der Waals surface area contributed by atoms with Crippen molar-refractivity contribution in [1.29, 1.82) is 0 Å². The van der Waals surface area contributed by atoms with Crippen molar-refractivity contribution >= 4 is 29.2 Å². The molecule has 0 heterocycles. The predicted octanol–water partition coefficient (Wildman–Crippen LogP) is 7.12. The Balaban J connectivity index is 2.19. The zero-order chi connectivity index (χ0) is 21.3. The van der Waals surface area contributed by atoms with Gasteiger partial charge < -0.3 is 9.47 Å². The van der Waals surface area contributed by atoms with Crippen LogP contribution in [0.15, 0.2) is 42.5 Å². The monoisotopic (exact) mass is 428 g/mol. The summed E-state index contributed by atoms with van der Waals surface area (Å²) in [6.07, 6.45) is 0. The summed E-state index contributed by atoms with van der Waals surface area (Å²) in [6.45, 7) is 8.11. The van der Waals surface area contributed by atoms with Crippen LogP contribution in [0.3, 0.4) is 0 Å². The Morgan fingerprint density at radius 3 is 1.93 bits per heavy atom. The number of ether oxygens (including phenoxy) is 2. The van der Waals surface area contributed by atoms with Gasteiger partial charge in [-0.1, -0.05) is 41.4 Å². The van der Waals surface area contributed by atoms with Crippen LogP contribution in [-0.4, -0.2) is 13.1 Å². The van der Waals surface area contributed by atoms with Gasteiger partial charge in [-0.3, -0.25) is 0 Å². The smallest absolute Gasteiger partial charge is 0.345 e. The number of benzene rings is 3. The van der Waals surface area contributed by atoms with Gasteiger partial charge in [-0.25, -0.2) is 4.79 Å². The minimum Gasteiger partial charge on any atom is -0.496 e. The molecule has 150 valence electrons. The first-order chi connectivity index (χ1) is 13.8. The van der Waals surface area contributed by atoms with Gasteiger partial charge in [0.05, 0.1) is 22.7 Å². The SMILES string of the molecule is COc1ccc(C)c(C)c1-c1c(OC(=O)c2cccc(Cl)c2Cl)ccc(C)c1C. The first-order valence-electron chi connectivity index (χ1n) is 9.17. The van der Waals surface area contributed by atoms with Gasteiger partial charge in [0, 0.05) is 11.1 Å². The summed E-state index contributed by atoms with van der Waals surface area (Å²) in [5, 5.41) is 0.478. The lowest BCUT2D eigenvalue weighted by Crippen LogP contribution is -2.11. The predicted molar refractivity (Wildman–Crippen MR) is 119 cm³/mol.